The van der Waals surface area contributed by atoms with Crippen LogP contribution in [0.5, 0.6) is 0 Å². The second-order valence-electron chi connectivity index (χ2n) is 10.7. The molecule has 230 valence electrons. The molecular weight excluding hydrogens is 662 g/mol. The van der Waals surface area contributed by atoms with Gasteiger partial charge in [-0.25, -0.2) is 8.42 Å². The fraction of sp³-hybridized carbons (Fsp3) is 0.235. The molecule has 0 aliphatic carbocycles. The average molecular weight is 697 g/mol. The smallest absolute Gasteiger partial charge is 0.264 e. The van der Waals surface area contributed by atoms with Crippen LogP contribution in [-0.4, -0.2) is 43.8 Å². The summed E-state index contributed by atoms with van der Waals surface area (Å²) < 4.78 is 30.1. The molecule has 0 aliphatic heterocycles. The summed E-state index contributed by atoms with van der Waals surface area (Å²) >= 11 is 9.93. The highest BCUT2D eigenvalue weighted by Gasteiger charge is 2.35. The normalized spacial score (nSPS) is 12.0. The number of nitrogens with one attached hydrogen (secondary N) is 1. The molecule has 0 heterocycles. The third-order valence-corrected chi connectivity index (χ3v) is 9.74. The zero-order chi connectivity index (χ0) is 31.9. The molecule has 4 aromatic rings. The molecule has 0 aliphatic rings. The molecule has 2 amide bonds. The summed E-state index contributed by atoms with van der Waals surface area (Å²) in [5.41, 5.74) is 2.43. The van der Waals surface area contributed by atoms with E-state index in [-0.39, 0.29) is 35.5 Å². The third kappa shape index (κ3) is 8.28. The molecule has 0 aromatic heterocycles. The van der Waals surface area contributed by atoms with Crippen molar-refractivity contribution in [1.82, 2.24) is 10.2 Å². The van der Waals surface area contributed by atoms with E-state index in [1.807, 2.05) is 68.4 Å². The predicted molar refractivity (Wildman–Crippen MR) is 179 cm³/mol. The first-order valence-electron chi connectivity index (χ1n) is 14.2. The van der Waals surface area contributed by atoms with Crippen molar-refractivity contribution in [3.05, 3.63) is 129 Å². The van der Waals surface area contributed by atoms with E-state index in [1.54, 1.807) is 43.3 Å². The number of rotatable bonds is 12. The van der Waals surface area contributed by atoms with Crippen molar-refractivity contribution in [2.45, 2.75) is 50.7 Å². The van der Waals surface area contributed by atoms with Crippen LogP contribution >= 0.6 is 27.5 Å². The lowest BCUT2D eigenvalue weighted by Crippen LogP contribution is -2.54. The van der Waals surface area contributed by atoms with Crippen LogP contribution < -0.4 is 9.62 Å². The summed E-state index contributed by atoms with van der Waals surface area (Å²) in [6, 6.07) is 28.7. The maximum atomic E-state index is 14.5. The highest BCUT2D eigenvalue weighted by atomic mass is 79.9. The molecule has 0 fully saturated rings. The minimum atomic E-state index is -4.21. The molecule has 0 bridgehead atoms. The molecule has 7 nitrogen and oxygen atoms in total. The summed E-state index contributed by atoms with van der Waals surface area (Å²) in [5.74, 6) is -0.868. The number of amides is 2. The van der Waals surface area contributed by atoms with Gasteiger partial charge in [-0.3, -0.25) is 13.9 Å². The highest BCUT2D eigenvalue weighted by molar-refractivity contribution is 9.10. The Labute approximate surface area is 273 Å². The Morgan fingerprint density at radius 3 is 2.11 bits per heavy atom. The minimum absolute atomic E-state index is 0.0316. The van der Waals surface area contributed by atoms with E-state index in [0.717, 1.165) is 19.9 Å². The van der Waals surface area contributed by atoms with Gasteiger partial charge in [-0.2, -0.15) is 0 Å². The van der Waals surface area contributed by atoms with Crippen molar-refractivity contribution in [2.24, 2.45) is 0 Å². The van der Waals surface area contributed by atoms with E-state index in [0.29, 0.717) is 10.6 Å². The Morgan fingerprint density at radius 2 is 1.48 bits per heavy atom. The van der Waals surface area contributed by atoms with Crippen molar-refractivity contribution >= 4 is 55.1 Å². The quantitative estimate of drug-likeness (QED) is 0.177. The molecule has 0 radical (unpaired) electrons. The fourth-order valence-corrected chi connectivity index (χ4v) is 6.97. The molecule has 0 saturated carbocycles. The number of hydrogen-bond donors (Lipinski definition) is 1. The lowest BCUT2D eigenvalue weighted by molar-refractivity contribution is -0.140. The van der Waals surface area contributed by atoms with Gasteiger partial charge in [0.05, 0.1) is 10.6 Å². The van der Waals surface area contributed by atoms with E-state index < -0.39 is 28.5 Å². The van der Waals surface area contributed by atoms with Gasteiger partial charge in [0.15, 0.2) is 0 Å². The van der Waals surface area contributed by atoms with Crippen molar-refractivity contribution in [1.29, 1.82) is 0 Å². The number of benzene rings is 4. The highest BCUT2D eigenvalue weighted by Crippen LogP contribution is 2.31. The van der Waals surface area contributed by atoms with E-state index in [1.165, 1.54) is 17.0 Å². The largest absolute Gasteiger partial charge is 0.352 e. The second kappa shape index (κ2) is 14.9. The van der Waals surface area contributed by atoms with Gasteiger partial charge < -0.3 is 10.2 Å². The maximum Gasteiger partial charge on any atom is 0.264 e. The number of carbonyl (C=O) groups excluding carboxylic acids is 2. The predicted octanol–water partition coefficient (Wildman–Crippen LogP) is 6.77. The summed E-state index contributed by atoms with van der Waals surface area (Å²) in [5, 5.41) is 3.33. The van der Waals surface area contributed by atoms with Gasteiger partial charge in [-0.1, -0.05) is 94.3 Å². The van der Waals surface area contributed by atoms with Crippen LogP contribution in [0.25, 0.3) is 0 Å². The molecule has 44 heavy (non-hydrogen) atoms. The van der Waals surface area contributed by atoms with Gasteiger partial charge in [-0.15, -0.1) is 0 Å². The fourth-order valence-electron chi connectivity index (χ4n) is 4.87. The first-order chi connectivity index (χ1) is 21.0. The van der Waals surface area contributed by atoms with Crippen molar-refractivity contribution < 1.29 is 18.0 Å². The molecule has 1 N–H and O–H groups in total. The number of halogens is 2. The van der Waals surface area contributed by atoms with Gasteiger partial charge in [0, 0.05) is 28.5 Å². The lowest BCUT2D eigenvalue weighted by Gasteiger charge is -2.34. The van der Waals surface area contributed by atoms with Gasteiger partial charge in [0.25, 0.3) is 10.0 Å². The van der Waals surface area contributed by atoms with E-state index in [2.05, 4.69) is 21.2 Å². The van der Waals surface area contributed by atoms with Crippen LogP contribution in [0.4, 0.5) is 5.69 Å². The lowest BCUT2D eigenvalue weighted by atomic mass is 10.0. The molecule has 1 atom stereocenters. The molecule has 10 heteroatoms. The van der Waals surface area contributed by atoms with Gasteiger partial charge in [0.2, 0.25) is 11.8 Å². The van der Waals surface area contributed by atoms with Gasteiger partial charge >= 0.3 is 0 Å². The Hall–Kier alpha value is -3.66. The molecule has 4 aromatic carbocycles. The van der Waals surface area contributed by atoms with E-state index in [4.69, 9.17) is 11.6 Å². The second-order valence-corrected chi connectivity index (χ2v) is 13.9. The average Bonchev–Trinajstić information content (AvgIpc) is 2.99. The van der Waals surface area contributed by atoms with Crippen LogP contribution in [0.15, 0.2) is 112 Å². The Bertz CT molecular complexity index is 1700. The number of carbonyl (C=O) groups is 2. The number of sulfonamides is 1. The number of anilines is 1. The molecule has 0 spiro atoms. The standard InChI is InChI=1S/C34H35BrClN3O4S/c1-24(2)37-34(41)32(21-26-12-6-4-7-13-26)38(22-27-14-10-15-28(35)20-27)33(40)23-39(31-19-11-18-30(36)25(31)3)44(42,43)29-16-8-5-9-17-29/h4-20,24,32H,21-23H2,1-3H3,(H,37,41)/t32-/m1/s1. The van der Waals surface area contributed by atoms with Crippen molar-refractivity contribution in [3.8, 4) is 0 Å². The molecule has 4 rings (SSSR count). The van der Waals surface area contributed by atoms with E-state index >= 15 is 0 Å². The molecular formula is C34H35BrClN3O4S. The van der Waals surface area contributed by atoms with Gasteiger partial charge in [-0.05, 0) is 73.9 Å². The first kappa shape index (κ1) is 33.2. The SMILES string of the molecule is Cc1c(Cl)cccc1N(CC(=O)N(Cc1cccc(Br)c1)[C@H](Cc1ccccc1)C(=O)NC(C)C)S(=O)(=O)c1ccccc1. The Balaban J connectivity index is 1.83. The minimum Gasteiger partial charge on any atom is -0.352 e. The Morgan fingerprint density at radius 1 is 0.864 bits per heavy atom. The number of hydrogen-bond acceptors (Lipinski definition) is 4. The van der Waals surface area contributed by atoms with Crippen molar-refractivity contribution in [3.63, 3.8) is 0 Å². The topological polar surface area (TPSA) is 86.8 Å². The van der Waals surface area contributed by atoms with E-state index in [9.17, 15) is 18.0 Å². The summed E-state index contributed by atoms with van der Waals surface area (Å²) in [6.45, 7) is 4.95. The molecule has 0 saturated heterocycles. The maximum absolute atomic E-state index is 14.5. The monoisotopic (exact) mass is 695 g/mol. The summed E-state index contributed by atoms with van der Waals surface area (Å²) in [6.07, 6.45) is 0.237. The zero-order valence-corrected chi connectivity index (χ0v) is 27.9. The van der Waals surface area contributed by atoms with Crippen LogP contribution in [0.2, 0.25) is 5.02 Å². The third-order valence-electron chi connectivity index (χ3n) is 7.06. The number of nitrogens with zero attached hydrogens (tertiary/aromatic N) is 2. The first-order valence-corrected chi connectivity index (χ1v) is 16.8. The van der Waals surface area contributed by atoms with Crippen LogP contribution in [0.1, 0.15) is 30.5 Å². The van der Waals surface area contributed by atoms with Crippen LogP contribution in [0.3, 0.4) is 0 Å². The van der Waals surface area contributed by atoms with Crippen molar-refractivity contribution in [2.75, 3.05) is 10.8 Å². The van der Waals surface area contributed by atoms with Crippen LogP contribution in [0, 0.1) is 6.92 Å². The molecule has 0 unspecified atom stereocenters. The summed E-state index contributed by atoms with van der Waals surface area (Å²) in [7, 11) is -4.21. The van der Waals surface area contributed by atoms with Gasteiger partial charge in [0.1, 0.15) is 12.6 Å². The Kier molecular flexibility index (Phi) is 11.2. The summed E-state index contributed by atoms with van der Waals surface area (Å²) in [4.78, 5) is 29.8. The zero-order valence-electron chi connectivity index (χ0n) is 24.8. The van der Waals surface area contributed by atoms with Crippen LogP contribution in [-0.2, 0) is 32.6 Å².